The van der Waals surface area contributed by atoms with Gasteiger partial charge in [-0.3, -0.25) is 9.48 Å². The summed E-state index contributed by atoms with van der Waals surface area (Å²) in [6.07, 6.45) is 1.91. The summed E-state index contributed by atoms with van der Waals surface area (Å²) in [5.41, 5.74) is 10.4. The predicted molar refractivity (Wildman–Crippen MR) is 79.8 cm³/mol. The number of aryl methyl sites for hydroxylation is 3. The Morgan fingerprint density at radius 2 is 2.00 bits per heavy atom. The Bertz CT molecular complexity index is 629. The third kappa shape index (κ3) is 2.90. The lowest BCUT2D eigenvalue weighted by atomic mass is 10.0. The molecule has 0 unspecified atom stereocenters. The second kappa shape index (κ2) is 5.90. The fraction of sp³-hybridized carbons (Fsp3) is 0.375. The van der Waals surface area contributed by atoms with E-state index in [0.717, 1.165) is 36.2 Å². The maximum atomic E-state index is 11.2. The number of aromatic nitrogens is 2. The lowest BCUT2D eigenvalue weighted by molar-refractivity contribution is 0.1000. The van der Waals surface area contributed by atoms with Crippen LogP contribution in [-0.2, 0) is 19.4 Å². The smallest absolute Gasteiger partial charge is 0.248 e. The zero-order valence-corrected chi connectivity index (χ0v) is 12.3. The van der Waals surface area contributed by atoms with Crippen molar-refractivity contribution in [2.45, 2.75) is 40.2 Å². The first-order chi connectivity index (χ1) is 9.55. The standard InChI is InChI=1S/C16H21N3O/c1-4-14-9-15(5-2)19(18-14)10-13-7-6-12(16(17)20)8-11(13)3/h6-9H,4-5,10H2,1-3H3,(H2,17,20). The molecule has 0 radical (unpaired) electrons. The van der Waals surface area contributed by atoms with Crippen LogP contribution in [0.15, 0.2) is 24.3 Å². The molecule has 0 spiro atoms. The van der Waals surface area contributed by atoms with Gasteiger partial charge in [-0.05, 0) is 49.1 Å². The Kier molecular flexibility index (Phi) is 4.23. The van der Waals surface area contributed by atoms with Crippen molar-refractivity contribution in [3.63, 3.8) is 0 Å². The minimum absolute atomic E-state index is 0.388. The summed E-state index contributed by atoms with van der Waals surface area (Å²) in [5.74, 6) is -0.388. The van der Waals surface area contributed by atoms with Gasteiger partial charge in [0.1, 0.15) is 0 Å². The van der Waals surface area contributed by atoms with E-state index in [0.29, 0.717) is 5.56 Å². The maximum absolute atomic E-state index is 11.2. The van der Waals surface area contributed by atoms with Crippen LogP contribution in [-0.4, -0.2) is 15.7 Å². The van der Waals surface area contributed by atoms with Crippen molar-refractivity contribution in [3.05, 3.63) is 52.3 Å². The van der Waals surface area contributed by atoms with E-state index in [9.17, 15) is 4.79 Å². The predicted octanol–water partition coefficient (Wildman–Crippen LogP) is 2.46. The zero-order chi connectivity index (χ0) is 14.7. The van der Waals surface area contributed by atoms with Crippen LogP contribution in [0.1, 0.15) is 46.7 Å². The van der Waals surface area contributed by atoms with Gasteiger partial charge in [-0.25, -0.2) is 0 Å². The summed E-state index contributed by atoms with van der Waals surface area (Å²) >= 11 is 0. The number of hydrogen-bond donors (Lipinski definition) is 1. The maximum Gasteiger partial charge on any atom is 0.248 e. The molecule has 0 bridgehead atoms. The van der Waals surface area contributed by atoms with E-state index in [1.165, 1.54) is 5.69 Å². The number of benzene rings is 1. The minimum Gasteiger partial charge on any atom is -0.366 e. The largest absolute Gasteiger partial charge is 0.366 e. The number of rotatable bonds is 5. The Hall–Kier alpha value is -2.10. The van der Waals surface area contributed by atoms with Crippen molar-refractivity contribution in [2.24, 2.45) is 5.73 Å². The highest BCUT2D eigenvalue weighted by molar-refractivity contribution is 5.93. The van der Waals surface area contributed by atoms with Crippen LogP contribution in [0.3, 0.4) is 0 Å². The SMILES string of the molecule is CCc1cc(CC)n(Cc2ccc(C(N)=O)cc2C)n1. The molecule has 0 aliphatic heterocycles. The molecule has 0 atom stereocenters. The summed E-state index contributed by atoms with van der Waals surface area (Å²) in [6, 6.07) is 7.74. The van der Waals surface area contributed by atoms with Gasteiger partial charge in [-0.2, -0.15) is 5.10 Å². The molecule has 0 saturated heterocycles. The molecule has 0 aliphatic rings. The quantitative estimate of drug-likeness (QED) is 0.908. The van der Waals surface area contributed by atoms with Gasteiger partial charge in [0.2, 0.25) is 5.91 Å². The van der Waals surface area contributed by atoms with Gasteiger partial charge in [0.25, 0.3) is 0 Å². The summed E-state index contributed by atoms with van der Waals surface area (Å²) in [5, 5.41) is 4.62. The minimum atomic E-state index is -0.388. The summed E-state index contributed by atoms with van der Waals surface area (Å²) < 4.78 is 2.05. The highest BCUT2D eigenvalue weighted by Crippen LogP contribution is 2.15. The van der Waals surface area contributed by atoms with Crippen LogP contribution in [0.5, 0.6) is 0 Å². The molecule has 0 aliphatic carbocycles. The fourth-order valence-corrected chi connectivity index (χ4v) is 2.30. The third-order valence-electron chi connectivity index (χ3n) is 3.59. The Morgan fingerprint density at radius 1 is 1.25 bits per heavy atom. The van der Waals surface area contributed by atoms with Gasteiger partial charge in [0.05, 0.1) is 12.2 Å². The number of hydrogen-bond acceptors (Lipinski definition) is 2. The van der Waals surface area contributed by atoms with Crippen LogP contribution in [0.4, 0.5) is 0 Å². The van der Waals surface area contributed by atoms with Crippen molar-refractivity contribution in [3.8, 4) is 0 Å². The summed E-state index contributed by atoms with van der Waals surface area (Å²) in [6.45, 7) is 6.97. The lowest BCUT2D eigenvalue weighted by Gasteiger charge is -2.10. The Labute approximate surface area is 119 Å². The third-order valence-corrected chi connectivity index (χ3v) is 3.59. The topological polar surface area (TPSA) is 60.9 Å². The number of carbonyl (C=O) groups is 1. The Morgan fingerprint density at radius 3 is 2.55 bits per heavy atom. The Balaban J connectivity index is 2.30. The monoisotopic (exact) mass is 271 g/mol. The zero-order valence-electron chi connectivity index (χ0n) is 12.3. The number of carbonyl (C=O) groups excluding carboxylic acids is 1. The molecule has 20 heavy (non-hydrogen) atoms. The average Bonchev–Trinajstić information content (AvgIpc) is 2.83. The highest BCUT2D eigenvalue weighted by atomic mass is 16.1. The van der Waals surface area contributed by atoms with Gasteiger partial charge in [-0.15, -0.1) is 0 Å². The summed E-state index contributed by atoms with van der Waals surface area (Å²) in [7, 11) is 0. The second-order valence-corrected chi connectivity index (χ2v) is 5.00. The van der Waals surface area contributed by atoms with Crippen molar-refractivity contribution in [2.75, 3.05) is 0 Å². The van der Waals surface area contributed by atoms with Crippen molar-refractivity contribution in [1.29, 1.82) is 0 Å². The van der Waals surface area contributed by atoms with Crippen LogP contribution in [0.2, 0.25) is 0 Å². The molecular weight excluding hydrogens is 250 g/mol. The molecule has 2 N–H and O–H groups in total. The molecule has 0 fully saturated rings. The summed E-state index contributed by atoms with van der Waals surface area (Å²) in [4.78, 5) is 11.2. The number of primary amides is 1. The lowest BCUT2D eigenvalue weighted by Crippen LogP contribution is -2.12. The van der Waals surface area contributed by atoms with Crippen LogP contribution >= 0.6 is 0 Å². The molecule has 4 nitrogen and oxygen atoms in total. The normalized spacial score (nSPS) is 10.8. The van der Waals surface area contributed by atoms with E-state index < -0.39 is 0 Å². The van der Waals surface area contributed by atoms with Crippen LogP contribution < -0.4 is 5.73 Å². The van der Waals surface area contributed by atoms with Gasteiger partial charge < -0.3 is 5.73 Å². The molecule has 1 aromatic heterocycles. The van der Waals surface area contributed by atoms with E-state index >= 15 is 0 Å². The van der Waals surface area contributed by atoms with E-state index in [1.54, 1.807) is 6.07 Å². The number of nitrogens with zero attached hydrogens (tertiary/aromatic N) is 2. The van der Waals surface area contributed by atoms with Gasteiger partial charge >= 0.3 is 0 Å². The van der Waals surface area contributed by atoms with Gasteiger partial charge in [-0.1, -0.05) is 19.9 Å². The number of nitrogens with two attached hydrogens (primary N) is 1. The molecule has 1 heterocycles. The van der Waals surface area contributed by atoms with Crippen molar-refractivity contribution >= 4 is 5.91 Å². The molecule has 1 aromatic carbocycles. The molecule has 106 valence electrons. The first-order valence-corrected chi connectivity index (χ1v) is 7.00. The van der Waals surface area contributed by atoms with Crippen molar-refractivity contribution in [1.82, 2.24) is 9.78 Å². The van der Waals surface area contributed by atoms with Crippen LogP contribution in [0.25, 0.3) is 0 Å². The molecule has 0 saturated carbocycles. The molecule has 2 rings (SSSR count). The van der Waals surface area contributed by atoms with E-state index in [1.807, 2.05) is 23.7 Å². The second-order valence-electron chi connectivity index (χ2n) is 5.00. The highest BCUT2D eigenvalue weighted by Gasteiger charge is 2.09. The van der Waals surface area contributed by atoms with Gasteiger partial charge in [0, 0.05) is 11.3 Å². The van der Waals surface area contributed by atoms with E-state index in [2.05, 4.69) is 25.0 Å². The van der Waals surface area contributed by atoms with E-state index in [4.69, 9.17) is 5.73 Å². The average molecular weight is 271 g/mol. The first kappa shape index (κ1) is 14.3. The first-order valence-electron chi connectivity index (χ1n) is 7.00. The van der Waals surface area contributed by atoms with Gasteiger partial charge in [0.15, 0.2) is 0 Å². The fourth-order valence-electron chi connectivity index (χ4n) is 2.30. The molecule has 2 aromatic rings. The molecule has 1 amide bonds. The van der Waals surface area contributed by atoms with E-state index in [-0.39, 0.29) is 5.91 Å². The van der Waals surface area contributed by atoms with Crippen molar-refractivity contribution < 1.29 is 4.79 Å². The molecular formula is C16H21N3O. The number of amides is 1. The van der Waals surface area contributed by atoms with Crippen LogP contribution in [0, 0.1) is 6.92 Å². The molecule has 4 heteroatoms.